The maximum Gasteiger partial charge on any atom is 0.806 e. The van der Waals surface area contributed by atoms with Crippen molar-refractivity contribution >= 4 is 37.0 Å². The van der Waals surface area contributed by atoms with Gasteiger partial charge in [-0.25, -0.2) is 4.11 Å². The van der Waals surface area contributed by atoms with Crippen LogP contribution in [0, 0.1) is 0 Å². The van der Waals surface area contributed by atoms with Crippen molar-refractivity contribution in [2.24, 2.45) is 10.3 Å². The zero-order chi connectivity index (χ0) is 17.1. The highest BCUT2D eigenvalue weighted by atomic mass is 28.5. The summed E-state index contributed by atoms with van der Waals surface area (Å²) in [5, 5.41) is 7.67. The lowest BCUT2D eigenvalue weighted by molar-refractivity contribution is 0.112. The number of hydrogen-bond donors (Lipinski definition) is 0. The zero-order valence-electron chi connectivity index (χ0n) is 15.0. The summed E-state index contributed by atoms with van der Waals surface area (Å²) in [5.74, 6) is 0. The van der Waals surface area contributed by atoms with Crippen molar-refractivity contribution in [2.75, 3.05) is 0 Å². The zero-order valence-corrected chi connectivity index (χ0v) is 18.0. The number of oxime groups is 2. The fraction of sp³-hybridized carbons (Fsp3) is 0.833. The van der Waals surface area contributed by atoms with E-state index in [0.29, 0.717) is 11.4 Å². The molecule has 0 bridgehead atoms. The Morgan fingerprint density at radius 1 is 0.762 bits per heavy atom. The molecule has 0 fully saturated rings. The number of nitrogens with zero attached hydrogens (tertiary/aromatic N) is 3. The highest BCUT2D eigenvalue weighted by Gasteiger charge is 2.63. The van der Waals surface area contributed by atoms with Gasteiger partial charge in [0.05, 0.1) is 0 Å². The molecule has 0 aliphatic rings. The van der Waals surface area contributed by atoms with Crippen molar-refractivity contribution in [3.05, 3.63) is 0 Å². The van der Waals surface area contributed by atoms with E-state index in [1.165, 1.54) is 0 Å². The Morgan fingerprint density at radius 3 is 1.24 bits per heavy atom. The van der Waals surface area contributed by atoms with Gasteiger partial charge in [-0.1, -0.05) is 39.3 Å². The SMILES string of the molecule is CC(C)=NO[Si](F)(ON=C(C)C)N([Si](C)(C)C)[Si](C)(C)C. The number of halogens is 1. The van der Waals surface area contributed by atoms with Gasteiger partial charge in [-0.05, 0) is 27.7 Å². The molecule has 0 radical (unpaired) electrons. The van der Waals surface area contributed by atoms with Crippen LogP contribution in [0.25, 0.3) is 0 Å². The fourth-order valence-electron chi connectivity index (χ4n) is 2.20. The summed E-state index contributed by atoms with van der Waals surface area (Å²) in [7, 11) is -8.21. The second-order valence-corrected chi connectivity index (χ2v) is 20.2. The molecule has 9 heteroatoms. The van der Waals surface area contributed by atoms with E-state index in [1.54, 1.807) is 27.7 Å². The Balaban J connectivity index is 5.81. The van der Waals surface area contributed by atoms with E-state index < -0.39 is 25.5 Å². The van der Waals surface area contributed by atoms with Crippen LogP contribution in [-0.4, -0.2) is 40.8 Å². The Labute approximate surface area is 131 Å². The maximum absolute atomic E-state index is 15.6. The minimum absolute atomic E-state index is 0.649. The monoisotopic (exact) mass is 351 g/mol. The van der Waals surface area contributed by atoms with Crippen LogP contribution in [0.4, 0.5) is 4.11 Å². The van der Waals surface area contributed by atoms with E-state index in [4.69, 9.17) is 9.05 Å². The molecule has 0 aromatic carbocycles. The second-order valence-electron chi connectivity index (χ2n) is 7.44. The van der Waals surface area contributed by atoms with Gasteiger partial charge in [-0.3, -0.25) is 3.90 Å². The average Bonchev–Trinajstić information content (AvgIpc) is 2.19. The van der Waals surface area contributed by atoms with Gasteiger partial charge >= 0.3 is 9.06 Å². The molecule has 21 heavy (non-hydrogen) atoms. The number of hydrogen-bond acceptors (Lipinski definition) is 5. The van der Waals surface area contributed by atoms with Gasteiger partial charge in [0, 0.05) is 11.4 Å². The Kier molecular flexibility index (Phi) is 6.98. The first-order valence-corrected chi connectivity index (χ1v) is 15.6. The second kappa shape index (κ2) is 7.16. The molecule has 0 rings (SSSR count). The van der Waals surface area contributed by atoms with E-state index in [1.807, 2.05) is 3.90 Å². The minimum Gasteiger partial charge on any atom is -0.369 e. The summed E-state index contributed by atoms with van der Waals surface area (Å²) in [4.78, 5) is 0. The van der Waals surface area contributed by atoms with Gasteiger partial charge in [-0.2, -0.15) is 0 Å². The van der Waals surface area contributed by atoms with Crippen LogP contribution in [0.3, 0.4) is 0 Å². The van der Waals surface area contributed by atoms with Crippen LogP contribution >= 0.6 is 0 Å². The van der Waals surface area contributed by atoms with Gasteiger partial charge in [0.15, 0.2) is 0 Å². The molecule has 0 unspecified atom stereocenters. The molecule has 0 aromatic rings. The van der Waals surface area contributed by atoms with Gasteiger partial charge in [0.2, 0.25) is 0 Å². The standard InChI is InChI=1S/C12H30FN3O2Si3/c1-11(2)14-17-21(13,18-15-12(3)4)16(19(5,6)7)20(8,9)10/h1-10H3. The first-order chi connectivity index (χ1) is 9.20. The molecule has 0 N–H and O–H groups in total. The molecule has 0 heterocycles. The van der Waals surface area contributed by atoms with Crippen molar-refractivity contribution in [3.63, 3.8) is 0 Å². The van der Waals surface area contributed by atoms with Crippen molar-refractivity contribution in [1.82, 2.24) is 3.90 Å². The predicted octanol–water partition coefficient (Wildman–Crippen LogP) is 4.19. The molecule has 124 valence electrons. The van der Waals surface area contributed by atoms with E-state index in [-0.39, 0.29) is 0 Å². The smallest absolute Gasteiger partial charge is 0.369 e. The summed E-state index contributed by atoms with van der Waals surface area (Å²) in [6.07, 6.45) is 0. The van der Waals surface area contributed by atoms with Crippen LogP contribution in [-0.2, 0) is 9.05 Å². The Morgan fingerprint density at radius 2 is 1.05 bits per heavy atom. The molecule has 0 saturated carbocycles. The summed E-state index contributed by atoms with van der Waals surface area (Å²) in [6.45, 7) is 19.6. The van der Waals surface area contributed by atoms with Crippen LogP contribution in [0.5, 0.6) is 0 Å². The van der Waals surface area contributed by atoms with Crippen LogP contribution in [0.1, 0.15) is 27.7 Å². The van der Waals surface area contributed by atoms with E-state index in [9.17, 15) is 0 Å². The van der Waals surface area contributed by atoms with E-state index >= 15 is 4.11 Å². The molecule has 0 aromatic heterocycles. The summed E-state index contributed by atoms with van der Waals surface area (Å²) < 4.78 is 28.1. The highest BCUT2D eigenvalue weighted by molar-refractivity contribution is 6.99. The Bertz CT molecular complexity index is 375. The molecule has 0 aliphatic heterocycles. The van der Waals surface area contributed by atoms with Crippen molar-refractivity contribution < 1.29 is 13.2 Å². The largest absolute Gasteiger partial charge is 0.806 e. The minimum atomic E-state index is -4.19. The third-order valence-corrected chi connectivity index (χ3v) is 15.8. The first-order valence-electron chi connectivity index (χ1n) is 7.08. The normalized spacial score (nSPS) is 13.0. The Hall–Kier alpha value is -0.519. The summed E-state index contributed by atoms with van der Waals surface area (Å²) >= 11 is 0. The lowest BCUT2D eigenvalue weighted by Gasteiger charge is -2.45. The topological polar surface area (TPSA) is 46.4 Å². The molecular weight excluding hydrogens is 321 g/mol. The van der Waals surface area contributed by atoms with Crippen LogP contribution in [0.2, 0.25) is 39.3 Å². The van der Waals surface area contributed by atoms with Gasteiger partial charge in [-0.15, -0.1) is 10.3 Å². The molecule has 0 aliphatic carbocycles. The summed E-state index contributed by atoms with van der Waals surface area (Å²) in [5.41, 5.74) is 1.30. The highest BCUT2D eigenvalue weighted by Crippen LogP contribution is 2.30. The number of rotatable bonds is 7. The molecule has 0 saturated heterocycles. The molecule has 0 spiro atoms. The third-order valence-electron chi connectivity index (χ3n) is 2.29. The van der Waals surface area contributed by atoms with Gasteiger partial charge < -0.3 is 9.05 Å². The molecule has 0 atom stereocenters. The quantitative estimate of drug-likeness (QED) is 0.299. The first kappa shape index (κ1) is 20.5. The van der Waals surface area contributed by atoms with Crippen LogP contribution in [0.15, 0.2) is 10.3 Å². The van der Waals surface area contributed by atoms with Gasteiger partial charge in [0.1, 0.15) is 16.5 Å². The lowest BCUT2D eigenvalue weighted by Crippen LogP contribution is -2.72. The predicted molar refractivity (Wildman–Crippen MR) is 95.1 cm³/mol. The fourth-order valence-corrected chi connectivity index (χ4v) is 17.9. The maximum atomic E-state index is 15.6. The van der Waals surface area contributed by atoms with Gasteiger partial charge in [0.25, 0.3) is 0 Å². The van der Waals surface area contributed by atoms with E-state index in [2.05, 4.69) is 49.6 Å². The van der Waals surface area contributed by atoms with E-state index in [0.717, 1.165) is 0 Å². The van der Waals surface area contributed by atoms with Crippen LogP contribution < -0.4 is 0 Å². The molecular formula is C12H30FN3O2Si3. The summed E-state index contributed by atoms with van der Waals surface area (Å²) in [6, 6.07) is 0. The molecule has 0 amide bonds. The van der Waals surface area contributed by atoms with Crippen molar-refractivity contribution in [2.45, 2.75) is 67.0 Å². The van der Waals surface area contributed by atoms with Crippen molar-refractivity contribution in [1.29, 1.82) is 0 Å². The third kappa shape index (κ3) is 6.85. The van der Waals surface area contributed by atoms with Crippen molar-refractivity contribution in [3.8, 4) is 0 Å². The molecule has 5 nitrogen and oxygen atoms in total. The average molecular weight is 352 g/mol. The lowest BCUT2D eigenvalue weighted by atomic mass is 10.5.